The van der Waals surface area contributed by atoms with E-state index in [2.05, 4.69) is 20.1 Å². The van der Waals surface area contributed by atoms with Crippen LogP contribution < -0.4 is 10.6 Å². The van der Waals surface area contributed by atoms with Gasteiger partial charge in [-0.15, -0.1) is 0 Å². The molecule has 0 spiro atoms. The summed E-state index contributed by atoms with van der Waals surface area (Å²) in [5.74, 6) is 0. The third-order valence-corrected chi connectivity index (χ3v) is 1.84. The second kappa shape index (κ2) is 7.10. The Morgan fingerprint density at radius 2 is 1.42 bits per heavy atom. The van der Waals surface area contributed by atoms with Gasteiger partial charge < -0.3 is 10.6 Å². The molecule has 0 bridgehead atoms. The number of nitrogens with zero attached hydrogens (tertiary/aromatic N) is 2. The molecule has 1 aliphatic rings. The summed E-state index contributed by atoms with van der Waals surface area (Å²) < 4.78 is 7.54. The standard InChI is InChI=1S/C4H10N2.C3H3N2P/c1-2-6-4-3-5-1;1-2-4-6-5-3-1/h5-6H,1-4H2;1-3H. The molecule has 1 aromatic rings. The number of hydrogen-bond acceptors (Lipinski definition) is 4. The summed E-state index contributed by atoms with van der Waals surface area (Å²) in [6.07, 6.45) is 3.46. The van der Waals surface area contributed by atoms with E-state index in [1.54, 1.807) is 18.5 Å². The molecule has 2 N–H and O–H groups in total. The molecule has 0 saturated carbocycles. The van der Waals surface area contributed by atoms with E-state index in [4.69, 9.17) is 0 Å². The van der Waals surface area contributed by atoms with Crippen molar-refractivity contribution in [3.8, 4) is 0 Å². The second-order valence-electron chi connectivity index (χ2n) is 2.31. The minimum Gasteiger partial charge on any atom is -0.314 e. The monoisotopic (exact) mass is 184 g/mol. The number of piperazine rings is 1. The fourth-order valence-corrected chi connectivity index (χ4v) is 1.14. The lowest BCUT2D eigenvalue weighted by Crippen LogP contribution is -2.39. The molecule has 5 heteroatoms. The zero-order valence-corrected chi connectivity index (χ0v) is 7.80. The summed E-state index contributed by atoms with van der Waals surface area (Å²) >= 11 is 0. The van der Waals surface area contributed by atoms with Gasteiger partial charge in [-0.25, -0.2) is 9.49 Å². The normalized spacial score (nSPS) is 16.0. The molecular formula is C7H13N4P. The zero-order valence-electron chi connectivity index (χ0n) is 6.90. The van der Waals surface area contributed by atoms with Crippen molar-refractivity contribution in [2.45, 2.75) is 0 Å². The Kier molecular flexibility index (Phi) is 5.63. The minimum atomic E-state index is 0.806. The van der Waals surface area contributed by atoms with Crippen molar-refractivity contribution in [3.63, 3.8) is 0 Å². The summed E-state index contributed by atoms with van der Waals surface area (Å²) in [5.41, 5.74) is 0. The van der Waals surface area contributed by atoms with Crippen molar-refractivity contribution < 1.29 is 0 Å². The molecule has 0 radical (unpaired) electrons. The van der Waals surface area contributed by atoms with Crippen molar-refractivity contribution in [1.82, 2.24) is 20.1 Å². The van der Waals surface area contributed by atoms with E-state index in [1.165, 1.54) is 0 Å². The fourth-order valence-electron chi connectivity index (χ4n) is 0.808. The Labute approximate surface area is 74.0 Å². The van der Waals surface area contributed by atoms with Crippen LogP contribution >= 0.6 is 8.51 Å². The third kappa shape index (κ3) is 5.13. The highest BCUT2D eigenvalue weighted by atomic mass is 31.1. The summed E-state index contributed by atoms with van der Waals surface area (Å²) in [5, 5.41) is 6.44. The van der Waals surface area contributed by atoms with Crippen molar-refractivity contribution in [3.05, 3.63) is 18.5 Å². The van der Waals surface area contributed by atoms with Crippen LogP contribution in [0.25, 0.3) is 0 Å². The largest absolute Gasteiger partial charge is 0.314 e. The Bertz CT molecular complexity index is 140. The van der Waals surface area contributed by atoms with Gasteiger partial charge in [-0.05, 0) is 6.07 Å². The number of hydrogen-bond donors (Lipinski definition) is 2. The highest BCUT2D eigenvalue weighted by molar-refractivity contribution is 7.20. The van der Waals surface area contributed by atoms with Gasteiger partial charge in [-0.3, -0.25) is 0 Å². The van der Waals surface area contributed by atoms with Gasteiger partial charge in [0.05, 0.1) is 0 Å². The summed E-state index contributed by atoms with van der Waals surface area (Å²) in [6, 6.07) is 1.80. The van der Waals surface area contributed by atoms with Gasteiger partial charge in [-0.2, -0.15) is 0 Å². The smallest absolute Gasteiger partial charge is 0.153 e. The van der Waals surface area contributed by atoms with E-state index in [0.717, 1.165) is 34.7 Å². The number of nitrogens with one attached hydrogen (secondary N) is 2. The molecule has 0 atom stereocenters. The molecule has 0 aliphatic carbocycles. The average Bonchev–Trinajstić information content (AvgIpc) is 2.24. The molecule has 1 aliphatic heterocycles. The SMILES string of the molecule is C1CNCCN1.c1cnpnc1. The molecule has 2 rings (SSSR count). The molecule has 1 saturated heterocycles. The van der Waals surface area contributed by atoms with E-state index in [1.807, 2.05) is 0 Å². The Morgan fingerprint density at radius 1 is 0.917 bits per heavy atom. The Hall–Kier alpha value is -0.570. The molecule has 0 unspecified atom stereocenters. The van der Waals surface area contributed by atoms with Crippen LogP contribution in [0.4, 0.5) is 0 Å². The van der Waals surface area contributed by atoms with Crippen LogP contribution in [-0.4, -0.2) is 35.7 Å². The molecule has 66 valence electrons. The first-order chi connectivity index (χ1) is 6.00. The number of rotatable bonds is 0. The van der Waals surface area contributed by atoms with Crippen LogP contribution in [0, 0.1) is 0 Å². The van der Waals surface area contributed by atoms with Crippen LogP contribution in [-0.2, 0) is 0 Å². The first kappa shape index (κ1) is 9.52. The van der Waals surface area contributed by atoms with Gasteiger partial charge in [0.15, 0.2) is 8.51 Å². The van der Waals surface area contributed by atoms with Gasteiger partial charge >= 0.3 is 0 Å². The minimum absolute atomic E-state index is 0.806. The van der Waals surface area contributed by atoms with Gasteiger partial charge in [0.2, 0.25) is 0 Å². The second-order valence-corrected chi connectivity index (χ2v) is 2.95. The van der Waals surface area contributed by atoms with Crippen LogP contribution in [0.5, 0.6) is 0 Å². The predicted octanol–water partition coefficient (Wildman–Crippen LogP) is 0.236. The molecule has 4 nitrogen and oxygen atoms in total. The summed E-state index contributed by atoms with van der Waals surface area (Å²) in [7, 11) is 0.806. The quantitative estimate of drug-likeness (QED) is 0.606. The first-order valence-corrected chi connectivity index (χ1v) is 4.80. The molecule has 1 fully saturated rings. The first-order valence-electron chi connectivity index (χ1n) is 4.00. The highest BCUT2D eigenvalue weighted by Crippen LogP contribution is 1.83. The van der Waals surface area contributed by atoms with Crippen molar-refractivity contribution in [2.75, 3.05) is 26.2 Å². The van der Waals surface area contributed by atoms with E-state index in [0.29, 0.717) is 0 Å². The maximum atomic E-state index is 3.77. The topological polar surface area (TPSA) is 49.8 Å². The highest BCUT2D eigenvalue weighted by Gasteiger charge is 1.91. The maximum absolute atomic E-state index is 3.77. The average molecular weight is 184 g/mol. The summed E-state index contributed by atoms with van der Waals surface area (Å²) in [6.45, 7) is 4.56. The molecule has 12 heavy (non-hydrogen) atoms. The van der Waals surface area contributed by atoms with Gasteiger partial charge in [0.25, 0.3) is 0 Å². The molecule has 1 aromatic heterocycles. The number of aromatic nitrogens is 2. The van der Waals surface area contributed by atoms with Crippen molar-refractivity contribution in [2.24, 2.45) is 0 Å². The maximum Gasteiger partial charge on any atom is 0.153 e. The Morgan fingerprint density at radius 3 is 1.58 bits per heavy atom. The molecule has 0 amide bonds. The molecular weight excluding hydrogens is 171 g/mol. The van der Waals surface area contributed by atoms with E-state index < -0.39 is 0 Å². The molecule has 2 heterocycles. The Balaban J connectivity index is 0.000000120. The predicted molar refractivity (Wildman–Crippen MR) is 50.3 cm³/mol. The van der Waals surface area contributed by atoms with E-state index in [9.17, 15) is 0 Å². The lowest BCUT2D eigenvalue weighted by Gasteiger charge is -2.11. The van der Waals surface area contributed by atoms with Crippen LogP contribution in [0.1, 0.15) is 0 Å². The summed E-state index contributed by atoms with van der Waals surface area (Å²) in [4.78, 5) is 0. The molecule has 0 aromatic carbocycles. The fraction of sp³-hybridized carbons (Fsp3) is 0.571. The van der Waals surface area contributed by atoms with Crippen LogP contribution in [0.2, 0.25) is 0 Å². The van der Waals surface area contributed by atoms with Crippen LogP contribution in [0.3, 0.4) is 0 Å². The van der Waals surface area contributed by atoms with Crippen molar-refractivity contribution in [1.29, 1.82) is 0 Å². The lowest BCUT2D eigenvalue weighted by atomic mass is 10.4. The van der Waals surface area contributed by atoms with E-state index >= 15 is 0 Å². The van der Waals surface area contributed by atoms with Crippen molar-refractivity contribution >= 4 is 8.51 Å². The third-order valence-electron chi connectivity index (χ3n) is 1.37. The van der Waals surface area contributed by atoms with Gasteiger partial charge in [0, 0.05) is 38.6 Å². The van der Waals surface area contributed by atoms with Gasteiger partial charge in [-0.1, -0.05) is 0 Å². The van der Waals surface area contributed by atoms with Crippen LogP contribution in [0.15, 0.2) is 18.5 Å². The zero-order chi connectivity index (χ0) is 8.49. The van der Waals surface area contributed by atoms with E-state index in [-0.39, 0.29) is 0 Å². The lowest BCUT2D eigenvalue weighted by molar-refractivity contribution is 0.534. The van der Waals surface area contributed by atoms with Gasteiger partial charge in [0.1, 0.15) is 0 Å².